The van der Waals surface area contributed by atoms with E-state index in [1.165, 1.54) is 11.1 Å². The summed E-state index contributed by atoms with van der Waals surface area (Å²) in [4.78, 5) is 25.8. The Kier molecular flexibility index (Phi) is 9.81. The summed E-state index contributed by atoms with van der Waals surface area (Å²) in [7, 11) is 0. The summed E-state index contributed by atoms with van der Waals surface area (Å²) in [6, 6.07) is 8.44. The minimum atomic E-state index is -0.230. The predicted molar refractivity (Wildman–Crippen MR) is 96.9 cm³/mol. The number of rotatable bonds is 11. The minimum absolute atomic E-state index is 0.139. The summed E-state index contributed by atoms with van der Waals surface area (Å²) in [6.45, 7) is 7.54. The van der Waals surface area contributed by atoms with Gasteiger partial charge in [-0.2, -0.15) is 0 Å². The van der Waals surface area contributed by atoms with Gasteiger partial charge < -0.3 is 9.64 Å². The number of ether oxygens (including phenoxy) is 1. The Balaban J connectivity index is 2.41. The largest absolute Gasteiger partial charge is 0.466 e. The second kappa shape index (κ2) is 11.7. The summed E-state index contributed by atoms with van der Waals surface area (Å²) >= 11 is 0. The lowest BCUT2D eigenvalue weighted by Gasteiger charge is -2.22. The fourth-order valence-corrected chi connectivity index (χ4v) is 2.53. The molecule has 0 bridgehead atoms. The van der Waals surface area contributed by atoms with Crippen LogP contribution in [0.1, 0.15) is 57.1 Å². The van der Waals surface area contributed by atoms with Crippen LogP contribution in [0.5, 0.6) is 0 Å². The molecule has 0 fully saturated rings. The van der Waals surface area contributed by atoms with Crippen LogP contribution in [0.2, 0.25) is 0 Å². The molecule has 4 heteroatoms. The molecule has 4 nitrogen and oxygen atoms in total. The van der Waals surface area contributed by atoms with Crippen molar-refractivity contribution < 1.29 is 14.3 Å². The molecule has 1 aromatic carbocycles. The molecular weight excluding hydrogens is 302 g/mol. The average Bonchev–Trinajstić information content (AvgIpc) is 2.57. The highest BCUT2D eigenvalue weighted by molar-refractivity contribution is 5.77. The Labute approximate surface area is 146 Å². The number of esters is 1. The van der Waals surface area contributed by atoms with E-state index < -0.39 is 0 Å². The van der Waals surface area contributed by atoms with E-state index in [0.717, 1.165) is 32.2 Å². The van der Waals surface area contributed by atoms with Crippen LogP contribution in [0.4, 0.5) is 0 Å². The number of carbonyl (C=O) groups excluding carboxylic acids is 2. The van der Waals surface area contributed by atoms with E-state index in [1.807, 2.05) is 4.90 Å². The van der Waals surface area contributed by atoms with Crippen molar-refractivity contribution >= 4 is 11.9 Å². The van der Waals surface area contributed by atoms with Gasteiger partial charge >= 0.3 is 5.97 Å². The summed E-state index contributed by atoms with van der Waals surface area (Å²) < 4.78 is 4.95. The molecule has 0 aliphatic carbocycles. The highest BCUT2D eigenvalue weighted by atomic mass is 16.5. The molecule has 0 saturated carbocycles. The molecule has 0 radical (unpaired) electrons. The summed E-state index contributed by atoms with van der Waals surface area (Å²) in [5.41, 5.74) is 2.51. The molecule has 134 valence electrons. The first-order chi connectivity index (χ1) is 11.6. The zero-order valence-corrected chi connectivity index (χ0v) is 15.3. The van der Waals surface area contributed by atoms with E-state index in [1.54, 1.807) is 6.92 Å². The summed E-state index contributed by atoms with van der Waals surface area (Å²) in [5.74, 6) is -0.0914. The lowest BCUT2D eigenvalue weighted by Crippen LogP contribution is -2.34. The maximum Gasteiger partial charge on any atom is 0.307 e. The number of benzene rings is 1. The van der Waals surface area contributed by atoms with Crippen molar-refractivity contribution in [3.05, 3.63) is 35.4 Å². The van der Waals surface area contributed by atoms with E-state index in [0.29, 0.717) is 19.6 Å². The molecule has 0 aliphatic heterocycles. The van der Waals surface area contributed by atoms with Crippen molar-refractivity contribution in [3.8, 4) is 0 Å². The second-order valence-electron chi connectivity index (χ2n) is 6.13. The van der Waals surface area contributed by atoms with Gasteiger partial charge in [0.25, 0.3) is 0 Å². The molecule has 0 heterocycles. The molecule has 24 heavy (non-hydrogen) atoms. The lowest BCUT2D eigenvalue weighted by atomic mass is 10.1. The van der Waals surface area contributed by atoms with Crippen LogP contribution in [0.15, 0.2) is 24.3 Å². The Morgan fingerprint density at radius 2 is 1.71 bits per heavy atom. The zero-order valence-electron chi connectivity index (χ0n) is 15.3. The molecule has 0 spiro atoms. The molecule has 0 saturated heterocycles. The Hall–Kier alpha value is -1.84. The first kappa shape index (κ1) is 20.2. The van der Waals surface area contributed by atoms with Crippen molar-refractivity contribution in [1.29, 1.82) is 0 Å². The molecule has 1 aromatic rings. The number of hydrogen-bond acceptors (Lipinski definition) is 3. The molecule has 1 rings (SSSR count). The van der Waals surface area contributed by atoms with Crippen molar-refractivity contribution in [2.45, 2.75) is 59.3 Å². The monoisotopic (exact) mass is 333 g/mol. The molecule has 0 unspecified atom stereocenters. The Morgan fingerprint density at radius 1 is 1.00 bits per heavy atom. The molecule has 0 N–H and O–H groups in total. The summed E-state index contributed by atoms with van der Waals surface area (Å²) in [5, 5.41) is 0. The third-order valence-electron chi connectivity index (χ3n) is 4.00. The van der Waals surface area contributed by atoms with Gasteiger partial charge in [0, 0.05) is 19.5 Å². The maximum absolute atomic E-state index is 12.4. The topological polar surface area (TPSA) is 46.6 Å². The quantitative estimate of drug-likeness (QED) is 0.577. The zero-order chi connectivity index (χ0) is 17.8. The van der Waals surface area contributed by atoms with E-state index in [2.05, 4.69) is 38.1 Å². The molecule has 1 amide bonds. The molecule has 0 aromatic heterocycles. The van der Waals surface area contributed by atoms with Crippen LogP contribution < -0.4 is 0 Å². The van der Waals surface area contributed by atoms with Crippen molar-refractivity contribution in [3.63, 3.8) is 0 Å². The van der Waals surface area contributed by atoms with E-state index >= 15 is 0 Å². The van der Waals surface area contributed by atoms with Gasteiger partial charge in [-0.1, -0.05) is 43.2 Å². The van der Waals surface area contributed by atoms with Gasteiger partial charge in [0.2, 0.25) is 5.91 Å². The number of aryl methyl sites for hydroxylation is 2. The lowest BCUT2D eigenvalue weighted by molar-refractivity contribution is -0.144. The van der Waals surface area contributed by atoms with Crippen molar-refractivity contribution in [2.75, 3.05) is 19.7 Å². The molecular formula is C20H31NO3. The van der Waals surface area contributed by atoms with Gasteiger partial charge in [-0.15, -0.1) is 0 Å². The number of carbonyl (C=O) groups is 2. The average molecular weight is 333 g/mol. The van der Waals surface area contributed by atoms with Crippen molar-refractivity contribution in [2.24, 2.45) is 0 Å². The fraction of sp³-hybridized carbons (Fsp3) is 0.600. The van der Waals surface area contributed by atoms with Crippen LogP contribution in [0.25, 0.3) is 0 Å². The van der Waals surface area contributed by atoms with Crippen LogP contribution >= 0.6 is 0 Å². The van der Waals surface area contributed by atoms with Gasteiger partial charge in [0.1, 0.15) is 0 Å². The third-order valence-corrected chi connectivity index (χ3v) is 4.00. The van der Waals surface area contributed by atoms with Gasteiger partial charge in [-0.3, -0.25) is 9.59 Å². The standard InChI is InChI=1S/C20H31NO3/c1-4-6-15-21(16-14-20(23)24-5-2)19(22)9-7-8-18-12-10-17(3)11-13-18/h10-13H,4-9,14-16H2,1-3H3. The minimum Gasteiger partial charge on any atom is -0.466 e. The van der Waals surface area contributed by atoms with Gasteiger partial charge in [-0.05, 0) is 38.7 Å². The Bertz CT molecular complexity index is 496. The fourth-order valence-electron chi connectivity index (χ4n) is 2.53. The SMILES string of the molecule is CCCCN(CCC(=O)OCC)C(=O)CCCc1ccc(C)cc1. The predicted octanol–water partition coefficient (Wildman–Crippen LogP) is 3.90. The van der Waals surface area contributed by atoms with Gasteiger partial charge in [-0.25, -0.2) is 0 Å². The van der Waals surface area contributed by atoms with Crippen LogP contribution in [0.3, 0.4) is 0 Å². The van der Waals surface area contributed by atoms with E-state index in [9.17, 15) is 9.59 Å². The van der Waals surface area contributed by atoms with Crippen molar-refractivity contribution in [1.82, 2.24) is 4.90 Å². The van der Waals surface area contributed by atoms with Crippen LogP contribution in [-0.2, 0) is 20.7 Å². The number of amides is 1. The highest BCUT2D eigenvalue weighted by Crippen LogP contribution is 2.09. The van der Waals surface area contributed by atoms with E-state index in [4.69, 9.17) is 4.74 Å². The van der Waals surface area contributed by atoms with Gasteiger partial charge in [0.05, 0.1) is 13.0 Å². The number of nitrogens with zero attached hydrogens (tertiary/aromatic N) is 1. The van der Waals surface area contributed by atoms with Gasteiger partial charge in [0.15, 0.2) is 0 Å². The van der Waals surface area contributed by atoms with Crippen LogP contribution in [-0.4, -0.2) is 36.5 Å². The number of unbranched alkanes of at least 4 members (excludes halogenated alkanes) is 1. The van der Waals surface area contributed by atoms with E-state index in [-0.39, 0.29) is 18.3 Å². The first-order valence-corrected chi connectivity index (χ1v) is 9.05. The number of hydrogen-bond donors (Lipinski definition) is 0. The molecule has 0 aliphatic rings. The smallest absolute Gasteiger partial charge is 0.307 e. The normalized spacial score (nSPS) is 10.5. The third kappa shape index (κ3) is 8.14. The molecule has 0 atom stereocenters. The summed E-state index contributed by atoms with van der Waals surface area (Å²) in [6.07, 6.45) is 4.55. The highest BCUT2D eigenvalue weighted by Gasteiger charge is 2.14. The first-order valence-electron chi connectivity index (χ1n) is 9.05. The van der Waals surface area contributed by atoms with Crippen LogP contribution in [0, 0.1) is 6.92 Å². The second-order valence-corrected chi connectivity index (χ2v) is 6.13. The Morgan fingerprint density at radius 3 is 2.33 bits per heavy atom. The maximum atomic E-state index is 12.4.